The van der Waals surface area contributed by atoms with Crippen molar-refractivity contribution in [3.8, 4) is 0 Å². The van der Waals surface area contributed by atoms with Crippen LogP contribution in [-0.4, -0.2) is 68.6 Å². The number of nitrogens with zero attached hydrogens (tertiary/aromatic N) is 6. The van der Waals surface area contributed by atoms with Crippen LogP contribution in [0.5, 0.6) is 0 Å². The lowest BCUT2D eigenvalue weighted by Gasteiger charge is -2.34. The zero-order valence-electron chi connectivity index (χ0n) is 19.2. The Balaban J connectivity index is 1.45. The fourth-order valence-electron chi connectivity index (χ4n) is 4.79. The molecule has 2 aromatic heterocycles. The van der Waals surface area contributed by atoms with Gasteiger partial charge in [0.15, 0.2) is 5.82 Å². The molecule has 1 amide bonds. The molecule has 3 N–H and O–H groups in total. The summed E-state index contributed by atoms with van der Waals surface area (Å²) in [5.41, 5.74) is 0.483. The average Bonchev–Trinajstić information content (AvgIpc) is 3.42. The lowest BCUT2D eigenvalue weighted by molar-refractivity contribution is -0.119. The van der Waals surface area contributed by atoms with Crippen LogP contribution in [0, 0.1) is 0 Å². The number of aromatic amines is 1. The minimum absolute atomic E-state index is 0.0376. The minimum Gasteiger partial charge on any atom is -0.352 e. The number of carbonyl (C=O) groups excluding carboxylic acids is 2. The van der Waals surface area contributed by atoms with Gasteiger partial charge in [-0.3, -0.25) is 9.89 Å². The van der Waals surface area contributed by atoms with Gasteiger partial charge in [0.1, 0.15) is 6.29 Å². The third-order valence-electron chi connectivity index (χ3n) is 6.75. The number of H-pyrrole nitrogens is 1. The number of hydrogen-bond acceptors (Lipinski definition) is 9. The van der Waals surface area contributed by atoms with Gasteiger partial charge in [0.25, 0.3) is 0 Å². The zero-order valence-corrected chi connectivity index (χ0v) is 19.2. The second-order valence-corrected chi connectivity index (χ2v) is 9.58. The van der Waals surface area contributed by atoms with Crippen molar-refractivity contribution in [2.75, 3.05) is 34.8 Å². The molecule has 2 atom stereocenters. The first-order chi connectivity index (χ1) is 15.9. The number of anilines is 4. The molecular weight excluding hydrogens is 422 g/mol. The van der Waals surface area contributed by atoms with Gasteiger partial charge < -0.3 is 25.2 Å². The van der Waals surface area contributed by atoms with Gasteiger partial charge in [-0.2, -0.15) is 20.1 Å². The predicted octanol–water partition coefficient (Wildman–Crippen LogP) is 1.88. The van der Waals surface area contributed by atoms with Crippen molar-refractivity contribution in [2.24, 2.45) is 0 Å². The number of carbonyl (C=O) groups is 2. The van der Waals surface area contributed by atoms with Gasteiger partial charge in [0, 0.05) is 50.3 Å². The van der Waals surface area contributed by atoms with Crippen LogP contribution in [0.3, 0.4) is 0 Å². The van der Waals surface area contributed by atoms with E-state index in [-0.39, 0.29) is 11.9 Å². The van der Waals surface area contributed by atoms with Crippen molar-refractivity contribution in [3.63, 3.8) is 0 Å². The van der Waals surface area contributed by atoms with E-state index in [1.54, 1.807) is 0 Å². The lowest BCUT2D eigenvalue weighted by atomic mass is 10.0. The maximum absolute atomic E-state index is 11.9. The van der Waals surface area contributed by atoms with Crippen molar-refractivity contribution in [2.45, 2.75) is 69.9 Å². The van der Waals surface area contributed by atoms with Crippen LogP contribution in [0.2, 0.25) is 0 Å². The molecular formula is C22H31N9O2. The van der Waals surface area contributed by atoms with E-state index in [0.29, 0.717) is 42.7 Å². The molecule has 2 aliphatic heterocycles. The van der Waals surface area contributed by atoms with Gasteiger partial charge in [0.05, 0.1) is 5.54 Å². The van der Waals surface area contributed by atoms with Gasteiger partial charge in [0.2, 0.25) is 23.8 Å². The quantitative estimate of drug-likeness (QED) is 0.538. The van der Waals surface area contributed by atoms with E-state index < -0.39 is 5.54 Å². The Morgan fingerprint density at radius 3 is 2.76 bits per heavy atom. The van der Waals surface area contributed by atoms with E-state index >= 15 is 0 Å². The van der Waals surface area contributed by atoms with Crippen molar-refractivity contribution in [1.82, 2.24) is 30.5 Å². The molecule has 3 fully saturated rings. The first-order valence-corrected chi connectivity index (χ1v) is 11.8. The van der Waals surface area contributed by atoms with Crippen LogP contribution in [-0.2, 0) is 9.59 Å². The van der Waals surface area contributed by atoms with Crippen LogP contribution in [0.4, 0.5) is 23.7 Å². The van der Waals surface area contributed by atoms with E-state index in [1.165, 1.54) is 19.8 Å². The Morgan fingerprint density at radius 1 is 1.18 bits per heavy atom. The Hall–Kier alpha value is -3.24. The molecule has 3 aliphatic rings. The highest BCUT2D eigenvalue weighted by molar-refractivity contribution is 5.73. The van der Waals surface area contributed by atoms with E-state index in [0.717, 1.165) is 44.2 Å². The lowest BCUT2D eigenvalue weighted by Crippen LogP contribution is -2.48. The van der Waals surface area contributed by atoms with Crippen LogP contribution in [0.15, 0.2) is 6.07 Å². The fraction of sp³-hybridized carbons (Fsp3) is 0.636. The second kappa shape index (κ2) is 8.60. The molecule has 33 heavy (non-hydrogen) atoms. The third kappa shape index (κ3) is 4.62. The summed E-state index contributed by atoms with van der Waals surface area (Å²) in [6.45, 7) is 5.59. The number of aromatic nitrogens is 5. The van der Waals surface area contributed by atoms with Crippen LogP contribution in [0.25, 0.3) is 0 Å². The Morgan fingerprint density at radius 2 is 2.00 bits per heavy atom. The van der Waals surface area contributed by atoms with Gasteiger partial charge in [-0.15, -0.1) is 0 Å². The van der Waals surface area contributed by atoms with Gasteiger partial charge in [-0.1, -0.05) is 0 Å². The highest BCUT2D eigenvalue weighted by Gasteiger charge is 2.39. The Labute approximate surface area is 192 Å². The summed E-state index contributed by atoms with van der Waals surface area (Å²) in [5.74, 6) is 2.60. The number of piperidine rings is 1. The molecule has 0 aromatic carbocycles. The van der Waals surface area contributed by atoms with E-state index in [9.17, 15) is 9.59 Å². The molecule has 5 rings (SSSR count). The van der Waals surface area contributed by atoms with Crippen molar-refractivity contribution >= 4 is 35.9 Å². The Bertz CT molecular complexity index is 1040. The molecule has 2 saturated heterocycles. The van der Waals surface area contributed by atoms with Crippen molar-refractivity contribution < 1.29 is 9.59 Å². The number of hydrogen-bond donors (Lipinski definition) is 3. The van der Waals surface area contributed by atoms with E-state index in [4.69, 9.17) is 9.97 Å². The van der Waals surface area contributed by atoms with Crippen LogP contribution in [0.1, 0.15) is 64.0 Å². The normalized spacial score (nSPS) is 25.2. The van der Waals surface area contributed by atoms with Gasteiger partial charge >= 0.3 is 0 Å². The molecule has 0 bridgehead atoms. The number of rotatable bonds is 7. The van der Waals surface area contributed by atoms with Gasteiger partial charge in [-0.05, 0) is 45.4 Å². The maximum atomic E-state index is 11.9. The number of aldehydes is 1. The predicted molar refractivity (Wildman–Crippen MR) is 124 cm³/mol. The molecule has 11 heteroatoms. The molecule has 176 valence electrons. The van der Waals surface area contributed by atoms with E-state index in [2.05, 4.69) is 30.7 Å². The summed E-state index contributed by atoms with van der Waals surface area (Å²) in [5, 5.41) is 13.7. The zero-order chi connectivity index (χ0) is 23.0. The largest absolute Gasteiger partial charge is 0.352 e. The van der Waals surface area contributed by atoms with Crippen LogP contribution < -0.4 is 20.4 Å². The summed E-state index contributed by atoms with van der Waals surface area (Å²) in [4.78, 5) is 41.6. The monoisotopic (exact) mass is 453 g/mol. The molecule has 2 aromatic rings. The van der Waals surface area contributed by atoms with Crippen molar-refractivity contribution in [1.29, 1.82) is 0 Å². The molecule has 0 radical (unpaired) electrons. The molecule has 11 nitrogen and oxygen atoms in total. The summed E-state index contributed by atoms with van der Waals surface area (Å²) >= 11 is 0. The fourth-order valence-corrected chi connectivity index (χ4v) is 4.79. The number of nitrogens with one attached hydrogen (secondary N) is 3. The SMILES string of the molecule is CC(=O)N[C@H]1CCCN(c2nc(Nc3cc(C4CC4)[nH]n3)nc(N3CCC[C@@]3(C)C=O)n2)C1. The standard InChI is InChI=1S/C22H31N9O2/c1-14(33)23-16-5-3-9-30(12-16)20-25-19(24-18-11-17(28-29-18)15-6-7-15)26-21(27-20)31-10-4-8-22(31,2)13-32/h11,13,15-16H,3-10,12H2,1-2H3,(H,23,33)(H2,24,25,26,27,28,29)/t16-,22-/m0/s1. The number of amides is 1. The van der Waals surface area contributed by atoms with Crippen LogP contribution >= 0.6 is 0 Å². The molecule has 1 aliphatic carbocycles. The molecule has 4 heterocycles. The Kier molecular flexibility index (Phi) is 5.63. The highest BCUT2D eigenvalue weighted by atomic mass is 16.1. The summed E-state index contributed by atoms with van der Waals surface area (Å²) in [6.07, 6.45) is 6.87. The second-order valence-electron chi connectivity index (χ2n) is 9.58. The molecule has 0 spiro atoms. The topological polar surface area (TPSA) is 132 Å². The molecule has 1 saturated carbocycles. The first kappa shape index (κ1) is 21.6. The minimum atomic E-state index is -0.637. The summed E-state index contributed by atoms with van der Waals surface area (Å²) < 4.78 is 0. The summed E-state index contributed by atoms with van der Waals surface area (Å²) in [7, 11) is 0. The smallest absolute Gasteiger partial charge is 0.235 e. The maximum Gasteiger partial charge on any atom is 0.235 e. The van der Waals surface area contributed by atoms with Crippen molar-refractivity contribution in [3.05, 3.63) is 11.8 Å². The third-order valence-corrected chi connectivity index (χ3v) is 6.75. The van der Waals surface area contributed by atoms with Gasteiger partial charge in [-0.25, -0.2) is 0 Å². The molecule has 0 unspecified atom stereocenters. The average molecular weight is 454 g/mol. The summed E-state index contributed by atoms with van der Waals surface area (Å²) in [6, 6.07) is 2.05. The highest BCUT2D eigenvalue weighted by Crippen LogP contribution is 2.39. The van der Waals surface area contributed by atoms with E-state index in [1.807, 2.05) is 17.9 Å². The first-order valence-electron chi connectivity index (χ1n) is 11.8.